The van der Waals surface area contributed by atoms with E-state index in [9.17, 15) is 14.9 Å². The summed E-state index contributed by atoms with van der Waals surface area (Å²) in [4.78, 5) is 22.3. The van der Waals surface area contributed by atoms with E-state index in [0.717, 1.165) is 0 Å². The second kappa shape index (κ2) is 6.38. The smallest absolute Gasteiger partial charge is 0.270 e. The molecule has 2 aromatic rings. The van der Waals surface area contributed by atoms with Gasteiger partial charge in [0.1, 0.15) is 5.75 Å². The Morgan fingerprint density at radius 2 is 2.05 bits per heavy atom. The minimum absolute atomic E-state index is 0.0493. The number of nitrogens with zero attached hydrogens (tertiary/aromatic N) is 3. The van der Waals surface area contributed by atoms with Crippen LogP contribution in [0, 0.1) is 17.0 Å². The molecule has 2 rings (SSSR count). The highest BCUT2D eigenvalue weighted by Gasteiger charge is 2.14. The first-order chi connectivity index (χ1) is 10.4. The predicted molar refractivity (Wildman–Crippen MR) is 81.2 cm³/mol. The highest BCUT2D eigenvalue weighted by Crippen LogP contribution is 2.25. The van der Waals surface area contributed by atoms with Crippen LogP contribution < -0.4 is 10.3 Å². The molecule has 0 spiro atoms. The average molecular weight is 303 g/mol. The van der Waals surface area contributed by atoms with Crippen LogP contribution in [0.15, 0.2) is 35.1 Å². The standard InChI is InChI=1S/C15H17N3O4/c1-10(2)22-14-6-5-13(18(20)21)8-12(14)9-17-15(19)7-4-11(3)16-17/h4-8,10H,9H2,1-3H3. The highest BCUT2D eigenvalue weighted by atomic mass is 16.6. The van der Waals surface area contributed by atoms with Gasteiger partial charge in [0.25, 0.3) is 11.2 Å². The summed E-state index contributed by atoms with van der Waals surface area (Å²) >= 11 is 0. The first kappa shape index (κ1) is 15.7. The molecule has 0 N–H and O–H groups in total. The number of nitro benzene ring substituents is 1. The quantitative estimate of drug-likeness (QED) is 0.624. The molecule has 1 aromatic carbocycles. The third-order valence-electron chi connectivity index (χ3n) is 2.94. The number of non-ortho nitro benzene ring substituents is 1. The summed E-state index contributed by atoms with van der Waals surface area (Å²) in [5.74, 6) is 0.510. The monoisotopic (exact) mass is 303 g/mol. The van der Waals surface area contributed by atoms with Crippen LogP contribution >= 0.6 is 0 Å². The molecule has 0 fully saturated rings. The van der Waals surface area contributed by atoms with E-state index in [0.29, 0.717) is 17.0 Å². The molecule has 22 heavy (non-hydrogen) atoms. The number of nitro groups is 1. The molecule has 1 aromatic heterocycles. The van der Waals surface area contributed by atoms with Gasteiger partial charge in [-0.25, -0.2) is 4.68 Å². The largest absolute Gasteiger partial charge is 0.491 e. The van der Waals surface area contributed by atoms with Crippen molar-refractivity contribution in [3.8, 4) is 5.75 Å². The Morgan fingerprint density at radius 1 is 1.32 bits per heavy atom. The van der Waals surface area contributed by atoms with Gasteiger partial charge in [0, 0.05) is 23.8 Å². The van der Waals surface area contributed by atoms with E-state index in [4.69, 9.17) is 4.74 Å². The molecule has 0 aliphatic carbocycles. The van der Waals surface area contributed by atoms with Crippen LogP contribution in [0.4, 0.5) is 5.69 Å². The molecular formula is C15H17N3O4. The Kier molecular flexibility index (Phi) is 4.55. The summed E-state index contributed by atoms with van der Waals surface area (Å²) in [6.45, 7) is 5.61. The number of ether oxygens (including phenoxy) is 1. The van der Waals surface area contributed by atoms with Crippen LogP contribution in [-0.2, 0) is 6.54 Å². The van der Waals surface area contributed by atoms with Crippen LogP contribution in [0.1, 0.15) is 25.1 Å². The third kappa shape index (κ3) is 3.69. The summed E-state index contributed by atoms with van der Waals surface area (Å²) in [5.41, 5.74) is 0.916. The molecule has 0 atom stereocenters. The maximum absolute atomic E-state index is 11.9. The molecule has 7 heteroatoms. The van der Waals surface area contributed by atoms with Crippen molar-refractivity contribution in [3.05, 3.63) is 62.1 Å². The number of hydrogen-bond acceptors (Lipinski definition) is 5. The number of rotatable bonds is 5. The minimum atomic E-state index is -0.477. The Balaban J connectivity index is 2.46. The molecule has 0 bridgehead atoms. The van der Waals surface area contributed by atoms with Gasteiger partial charge in [0.05, 0.1) is 23.3 Å². The summed E-state index contributed by atoms with van der Waals surface area (Å²) in [7, 11) is 0. The van der Waals surface area contributed by atoms with Crippen LogP contribution in [0.3, 0.4) is 0 Å². The molecule has 0 unspecified atom stereocenters. The molecule has 1 heterocycles. The molecule has 0 aliphatic heterocycles. The lowest BCUT2D eigenvalue weighted by Crippen LogP contribution is -2.23. The van der Waals surface area contributed by atoms with Crippen molar-refractivity contribution >= 4 is 5.69 Å². The minimum Gasteiger partial charge on any atom is -0.491 e. The van der Waals surface area contributed by atoms with E-state index in [1.54, 1.807) is 19.1 Å². The van der Waals surface area contributed by atoms with Crippen molar-refractivity contribution in [1.29, 1.82) is 0 Å². The zero-order valence-electron chi connectivity index (χ0n) is 12.6. The summed E-state index contributed by atoms with van der Waals surface area (Å²) in [5, 5.41) is 15.1. The number of hydrogen-bond donors (Lipinski definition) is 0. The van der Waals surface area contributed by atoms with E-state index >= 15 is 0 Å². The van der Waals surface area contributed by atoms with E-state index < -0.39 is 4.92 Å². The maximum Gasteiger partial charge on any atom is 0.270 e. The van der Waals surface area contributed by atoms with Crippen LogP contribution in [0.5, 0.6) is 5.75 Å². The van der Waals surface area contributed by atoms with Crippen LogP contribution in [-0.4, -0.2) is 20.8 Å². The normalized spacial score (nSPS) is 10.7. The van der Waals surface area contributed by atoms with Crippen LogP contribution in [0.25, 0.3) is 0 Å². The fourth-order valence-electron chi connectivity index (χ4n) is 2.00. The zero-order valence-corrected chi connectivity index (χ0v) is 12.6. The zero-order chi connectivity index (χ0) is 16.3. The van der Waals surface area contributed by atoms with Crippen molar-refractivity contribution in [2.45, 2.75) is 33.4 Å². The van der Waals surface area contributed by atoms with Crippen molar-refractivity contribution in [1.82, 2.24) is 9.78 Å². The molecule has 0 amide bonds. The second-order valence-corrected chi connectivity index (χ2v) is 5.19. The highest BCUT2D eigenvalue weighted by molar-refractivity contribution is 5.44. The Labute approximate surface area is 127 Å². The fraction of sp³-hybridized carbons (Fsp3) is 0.333. The van der Waals surface area contributed by atoms with Crippen molar-refractivity contribution in [2.24, 2.45) is 0 Å². The maximum atomic E-state index is 11.9. The summed E-state index contributed by atoms with van der Waals surface area (Å²) in [6.07, 6.45) is -0.0811. The summed E-state index contributed by atoms with van der Waals surface area (Å²) < 4.78 is 6.92. The van der Waals surface area contributed by atoms with Gasteiger partial charge >= 0.3 is 0 Å². The third-order valence-corrected chi connectivity index (χ3v) is 2.94. The van der Waals surface area contributed by atoms with Crippen LogP contribution in [0.2, 0.25) is 0 Å². The van der Waals surface area contributed by atoms with Gasteiger partial charge in [0.15, 0.2) is 0 Å². The van der Waals surface area contributed by atoms with Gasteiger partial charge < -0.3 is 4.74 Å². The molecule has 0 saturated heterocycles. The Morgan fingerprint density at radius 3 is 2.68 bits per heavy atom. The summed E-state index contributed by atoms with van der Waals surface area (Å²) in [6, 6.07) is 7.39. The van der Waals surface area contributed by atoms with Crippen molar-refractivity contribution in [2.75, 3.05) is 0 Å². The first-order valence-electron chi connectivity index (χ1n) is 6.85. The molecular weight excluding hydrogens is 286 g/mol. The van der Waals surface area contributed by atoms with Gasteiger partial charge in [-0.05, 0) is 32.9 Å². The van der Waals surface area contributed by atoms with Crippen molar-refractivity contribution in [3.63, 3.8) is 0 Å². The molecule has 0 saturated carbocycles. The first-order valence-corrected chi connectivity index (χ1v) is 6.85. The van der Waals surface area contributed by atoms with Crippen molar-refractivity contribution < 1.29 is 9.66 Å². The van der Waals surface area contributed by atoms with E-state index in [-0.39, 0.29) is 23.9 Å². The number of benzene rings is 1. The SMILES string of the molecule is Cc1ccc(=O)n(Cc2cc([N+](=O)[O-])ccc2OC(C)C)n1. The number of aromatic nitrogens is 2. The Hall–Kier alpha value is -2.70. The fourth-order valence-corrected chi connectivity index (χ4v) is 2.00. The van der Waals surface area contributed by atoms with E-state index in [1.165, 1.54) is 22.9 Å². The predicted octanol–water partition coefficient (Wildman–Crippen LogP) is 2.30. The van der Waals surface area contributed by atoms with E-state index in [1.807, 2.05) is 13.8 Å². The number of aryl methyl sites for hydroxylation is 1. The average Bonchev–Trinajstić information content (AvgIpc) is 2.44. The molecule has 0 radical (unpaired) electrons. The molecule has 7 nitrogen and oxygen atoms in total. The topological polar surface area (TPSA) is 87.3 Å². The van der Waals surface area contributed by atoms with Gasteiger partial charge in [-0.15, -0.1) is 0 Å². The lowest BCUT2D eigenvalue weighted by atomic mass is 10.1. The lowest BCUT2D eigenvalue weighted by Gasteiger charge is -2.14. The van der Waals surface area contributed by atoms with Gasteiger partial charge in [-0.2, -0.15) is 5.10 Å². The van der Waals surface area contributed by atoms with Gasteiger partial charge in [-0.1, -0.05) is 0 Å². The van der Waals surface area contributed by atoms with Gasteiger partial charge in [-0.3, -0.25) is 14.9 Å². The molecule has 116 valence electrons. The second-order valence-electron chi connectivity index (χ2n) is 5.19. The van der Waals surface area contributed by atoms with E-state index in [2.05, 4.69) is 5.10 Å². The Bertz CT molecular complexity index is 753. The van der Waals surface area contributed by atoms with Gasteiger partial charge in [0.2, 0.25) is 0 Å². The lowest BCUT2D eigenvalue weighted by molar-refractivity contribution is -0.384. The molecule has 0 aliphatic rings.